The minimum absolute atomic E-state index is 0.316. The fourth-order valence-corrected chi connectivity index (χ4v) is 4.54. The Kier molecular flexibility index (Phi) is 5.45. The molecule has 1 aromatic heterocycles. The Hall–Kier alpha value is -3.32. The minimum atomic E-state index is -0.446. The number of hydrogen-bond acceptors (Lipinski definition) is 4. The number of nitrogens with zero attached hydrogens (tertiary/aromatic N) is 2. The van der Waals surface area contributed by atoms with Crippen LogP contribution in [0.5, 0.6) is 0 Å². The maximum Gasteiger partial charge on any atom is 0.294 e. The van der Waals surface area contributed by atoms with Crippen molar-refractivity contribution in [2.45, 2.75) is 20.8 Å². The summed E-state index contributed by atoms with van der Waals surface area (Å²) in [6.07, 6.45) is 1.76. The van der Waals surface area contributed by atoms with Crippen LogP contribution in [0, 0.1) is 20.8 Å². The first-order valence-electron chi connectivity index (χ1n) is 9.93. The lowest BCUT2D eigenvalue weighted by atomic mass is 10.1. The Morgan fingerprint density at radius 2 is 1.81 bits per heavy atom. The molecule has 1 N–H and O–H groups in total. The molecule has 1 aliphatic heterocycles. The molecule has 2 heterocycles. The lowest BCUT2D eigenvalue weighted by Crippen LogP contribution is -2.36. The third-order valence-corrected chi connectivity index (χ3v) is 6.69. The van der Waals surface area contributed by atoms with E-state index in [4.69, 9.17) is 0 Å². The molecule has 0 radical (unpaired) electrons. The molecule has 158 valence electrons. The number of nitrogens with one attached hydrogen (secondary N) is 1. The number of para-hydroxylation sites is 1. The number of imide groups is 1. The third-order valence-electron chi connectivity index (χ3n) is 5.78. The molecular weight excluding hydrogens is 410 g/mol. The Bertz CT molecular complexity index is 1270. The van der Waals surface area contributed by atoms with E-state index in [-0.39, 0.29) is 6.54 Å². The van der Waals surface area contributed by atoms with Crippen LogP contribution in [0.4, 0.5) is 10.5 Å². The monoisotopic (exact) mass is 433 g/mol. The first-order valence-corrected chi connectivity index (χ1v) is 10.7. The topological polar surface area (TPSA) is 71.4 Å². The summed E-state index contributed by atoms with van der Waals surface area (Å²) >= 11 is 0.866. The Morgan fingerprint density at radius 3 is 2.58 bits per heavy atom. The van der Waals surface area contributed by atoms with Gasteiger partial charge in [0.1, 0.15) is 6.54 Å². The average Bonchev–Trinajstić information content (AvgIpc) is 3.14. The minimum Gasteiger partial charge on any atom is -0.347 e. The molecule has 0 saturated carbocycles. The van der Waals surface area contributed by atoms with Crippen molar-refractivity contribution in [3.8, 4) is 0 Å². The predicted molar refractivity (Wildman–Crippen MR) is 125 cm³/mol. The molecule has 0 atom stereocenters. The molecule has 2 aromatic carbocycles. The SMILES string of the molecule is Cc1cccc(NC(=O)CN2C(=O)S/C(=C\c3c(C)n(C)c4ccccc34)C2=O)c1C. The van der Waals surface area contributed by atoms with Crippen LogP contribution in [0.25, 0.3) is 17.0 Å². The summed E-state index contributed by atoms with van der Waals surface area (Å²) in [4.78, 5) is 39.3. The highest BCUT2D eigenvalue weighted by Crippen LogP contribution is 2.35. The van der Waals surface area contributed by atoms with Crippen LogP contribution < -0.4 is 5.32 Å². The molecule has 0 unspecified atom stereocenters. The van der Waals surface area contributed by atoms with Crippen molar-refractivity contribution in [3.63, 3.8) is 0 Å². The molecular formula is C24H23N3O3S. The highest BCUT2D eigenvalue weighted by atomic mass is 32.2. The van der Waals surface area contributed by atoms with Gasteiger partial charge in [-0.3, -0.25) is 19.3 Å². The maximum atomic E-state index is 12.9. The second-order valence-corrected chi connectivity index (χ2v) is 8.63. The fourth-order valence-electron chi connectivity index (χ4n) is 3.72. The van der Waals surface area contributed by atoms with E-state index in [2.05, 4.69) is 9.88 Å². The van der Waals surface area contributed by atoms with Crippen molar-refractivity contribution >= 4 is 51.5 Å². The lowest BCUT2D eigenvalue weighted by Gasteiger charge is -2.14. The van der Waals surface area contributed by atoms with Crippen LogP contribution in [0.3, 0.4) is 0 Å². The number of hydrogen-bond donors (Lipinski definition) is 1. The van der Waals surface area contributed by atoms with E-state index in [0.29, 0.717) is 10.6 Å². The molecule has 0 aliphatic carbocycles. The molecule has 6 nitrogen and oxygen atoms in total. The molecule has 3 aromatic rings. The van der Waals surface area contributed by atoms with Gasteiger partial charge in [0.15, 0.2) is 0 Å². The normalized spacial score (nSPS) is 15.4. The number of carbonyl (C=O) groups is 3. The predicted octanol–water partition coefficient (Wildman–Crippen LogP) is 4.78. The third kappa shape index (κ3) is 3.77. The number of anilines is 1. The fraction of sp³-hybridized carbons (Fsp3) is 0.208. The van der Waals surface area contributed by atoms with Crippen LogP contribution in [0.1, 0.15) is 22.4 Å². The number of amides is 3. The number of benzene rings is 2. The van der Waals surface area contributed by atoms with Gasteiger partial charge in [0.25, 0.3) is 11.1 Å². The van der Waals surface area contributed by atoms with Crippen molar-refractivity contribution in [1.82, 2.24) is 9.47 Å². The number of aryl methyl sites for hydroxylation is 2. The van der Waals surface area contributed by atoms with Gasteiger partial charge in [0.05, 0.1) is 4.91 Å². The van der Waals surface area contributed by atoms with Crippen molar-refractivity contribution in [3.05, 3.63) is 69.8 Å². The smallest absolute Gasteiger partial charge is 0.294 e. The second-order valence-electron chi connectivity index (χ2n) is 7.64. The maximum absolute atomic E-state index is 12.9. The van der Waals surface area contributed by atoms with Crippen molar-refractivity contribution < 1.29 is 14.4 Å². The highest BCUT2D eigenvalue weighted by Gasteiger charge is 2.36. The van der Waals surface area contributed by atoms with Crippen molar-refractivity contribution in [2.75, 3.05) is 11.9 Å². The molecule has 7 heteroatoms. The lowest BCUT2D eigenvalue weighted by molar-refractivity contribution is -0.127. The molecule has 0 bridgehead atoms. The van der Waals surface area contributed by atoms with E-state index >= 15 is 0 Å². The number of rotatable bonds is 4. The Labute approximate surface area is 184 Å². The zero-order chi connectivity index (χ0) is 22.3. The molecule has 1 saturated heterocycles. The van der Waals surface area contributed by atoms with Gasteiger partial charge in [-0.15, -0.1) is 0 Å². The molecule has 1 fully saturated rings. The number of thioether (sulfide) groups is 1. The summed E-state index contributed by atoms with van der Waals surface area (Å²) in [5, 5.41) is 3.38. The van der Waals surface area contributed by atoms with Crippen molar-refractivity contribution in [2.24, 2.45) is 7.05 Å². The van der Waals surface area contributed by atoms with Crippen LogP contribution in [-0.4, -0.2) is 33.1 Å². The van der Waals surface area contributed by atoms with E-state index in [1.165, 1.54) is 0 Å². The summed E-state index contributed by atoms with van der Waals surface area (Å²) in [6, 6.07) is 13.5. The van der Waals surface area contributed by atoms with Gasteiger partial charge >= 0.3 is 0 Å². The molecule has 31 heavy (non-hydrogen) atoms. The van der Waals surface area contributed by atoms with Gasteiger partial charge in [0.2, 0.25) is 5.91 Å². The molecule has 0 spiro atoms. The van der Waals surface area contributed by atoms with Gasteiger partial charge in [-0.1, -0.05) is 30.3 Å². The van der Waals surface area contributed by atoms with E-state index in [0.717, 1.165) is 49.9 Å². The first-order chi connectivity index (χ1) is 14.8. The average molecular weight is 434 g/mol. The Balaban J connectivity index is 1.56. The highest BCUT2D eigenvalue weighted by molar-refractivity contribution is 8.18. The van der Waals surface area contributed by atoms with E-state index < -0.39 is 17.1 Å². The van der Waals surface area contributed by atoms with Gasteiger partial charge < -0.3 is 9.88 Å². The number of fused-ring (bicyclic) bond motifs is 1. The van der Waals surface area contributed by atoms with Gasteiger partial charge in [0, 0.05) is 34.9 Å². The van der Waals surface area contributed by atoms with E-state index in [9.17, 15) is 14.4 Å². The Morgan fingerprint density at radius 1 is 1.06 bits per heavy atom. The summed E-state index contributed by atoms with van der Waals surface area (Å²) in [7, 11) is 1.97. The molecule has 3 amide bonds. The molecule has 4 rings (SSSR count). The second kappa shape index (κ2) is 8.07. The standard InChI is InChI=1S/C24H23N3O3S/c1-14-8-7-10-19(15(14)2)25-22(28)13-27-23(29)21(31-24(27)30)12-18-16(3)26(4)20-11-6-5-9-17(18)20/h5-12H,13H2,1-4H3,(H,25,28)/b21-12-. The van der Waals surface area contributed by atoms with Crippen LogP contribution in [0.2, 0.25) is 0 Å². The van der Waals surface area contributed by atoms with Gasteiger partial charge in [-0.2, -0.15) is 0 Å². The molecule has 1 aliphatic rings. The number of carbonyl (C=O) groups excluding carboxylic acids is 3. The van der Waals surface area contributed by atoms with Crippen LogP contribution >= 0.6 is 11.8 Å². The largest absolute Gasteiger partial charge is 0.347 e. The summed E-state index contributed by atoms with van der Waals surface area (Å²) in [5.74, 6) is -0.850. The van der Waals surface area contributed by atoms with Gasteiger partial charge in [-0.05, 0) is 61.9 Å². The van der Waals surface area contributed by atoms with Crippen LogP contribution in [0.15, 0.2) is 47.4 Å². The zero-order valence-corrected chi connectivity index (χ0v) is 18.7. The van der Waals surface area contributed by atoms with Crippen molar-refractivity contribution in [1.29, 1.82) is 0 Å². The quantitative estimate of drug-likeness (QED) is 0.601. The van der Waals surface area contributed by atoms with E-state index in [1.807, 2.05) is 64.2 Å². The summed E-state index contributed by atoms with van der Waals surface area (Å²) < 4.78 is 2.06. The van der Waals surface area contributed by atoms with Gasteiger partial charge in [-0.25, -0.2) is 0 Å². The summed E-state index contributed by atoms with van der Waals surface area (Å²) in [5.41, 5.74) is 5.65. The summed E-state index contributed by atoms with van der Waals surface area (Å²) in [6.45, 7) is 5.54. The van der Waals surface area contributed by atoms with Crippen LogP contribution in [-0.2, 0) is 16.6 Å². The number of aromatic nitrogens is 1. The zero-order valence-electron chi connectivity index (χ0n) is 17.9. The first kappa shape index (κ1) is 20.9. The van der Waals surface area contributed by atoms with E-state index in [1.54, 1.807) is 12.1 Å².